The van der Waals surface area contributed by atoms with Gasteiger partial charge in [0.1, 0.15) is 18.0 Å². The number of aliphatic hydroxyl groups is 1. The Kier molecular flexibility index (Phi) is 7.40. The Morgan fingerprint density at radius 2 is 1.84 bits per heavy atom. The third-order valence-corrected chi connectivity index (χ3v) is 6.75. The molecule has 0 bridgehead atoms. The standard InChI is InChI=1S/C32H31NO5/c1-31(2)37-29-18-16-25-15-14-24(21-22-33-30(35)20-13-23-9-5-3-6-10-23)27(34)17-19-28(32(25,29)38-31)36-26-11-7-4-8-12-26/h3-12,16,21,27-29,34H,13,18,20,22H2,1-2H3,(H,33,35)/b24-21-/t27-,28?,29-,32-/m1/s1. The number of para-hydroxylation sites is 1. The summed E-state index contributed by atoms with van der Waals surface area (Å²) in [7, 11) is 0. The molecule has 0 aromatic heterocycles. The third kappa shape index (κ3) is 5.54. The van der Waals surface area contributed by atoms with E-state index >= 15 is 0 Å². The van der Waals surface area contributed by atoms with Gasteiger partial charge in [0.25, 0.3) is 0 Å². The fourth-order valence-corrected chi connectivity index (χ4v) is 5.00. The smallest absolute Gasteiger partial charge is 0.220 e. The fourth-order valence-electron chi connectivity index (χ4n) is 5.00. The van der Waals surface area contributed by atoms with Crippen molar-refractivity contribution in [2.45, 2.75) is 62.8 Å². The van der Waals surface area contributed by atoms with Crippen molar-refractivity contribution in [1.29, 1.82) is 0 Å². The van der Waals surface area contributed by atoms with Crippen molar-refractivity contribution in [2.75, 3.05) is 6.54 Å². The van der Waals surface area contributed by atoms with Crippen molar-refractivity contribution < 1.29 is 24.1 Å². The summed E-state index contributed by atoms with van der Waals surface area (Å²) < 4.78 is 19.1. The van der Waals surface area contributed by atoms with Crippen LogP contribution in [0.15, 0.2) is 84.0 Å². The molecule has 1 fully saturated rings. The lowest BCUT2D eigenvalue weighted by Crippen LogP contribution is -2.52. The van der Waals surface area contributed by atoms with Crippen molar-refractivity contribution >= 4 is 5.91 Å². The number of aliphatic hydroxyl groups excluding tert-OH is 1. The number of amides is 1. The van der Waals surface area contributed by atoms with Gasteiger partial charge in [-0.2, -0.15) is 0 Å². The molecule has 3 aliphatic rings. The number of hydrogen-bond donors (Lipinski definition) is 2. The molecule has 38 heavy (non-hydrogen) atoms. The van der Waals surface area contributed by atoms with Crippen LogP contribution in [0.25, 0.3) is 0 Å². The van der Waals surface area contributed by atoms with Gasteiger partial charge in [0.15, 0.2) is 17.5 Å². The van der Waals surface area contributed by atoms with Crippen molar-refractivity contribution in [3.63, 3.8) is 0 Å². The topological polar surface area (TPSA) is 77.0 Å². The number of carbonyl (C=O) groups excluding carboxylic acids is 1. The van der Waals surface area contributed by atoms with Crippen LogP contribution in [0.5, 0.6) is 5.75 Å². The Morgan fingerprint density at radius 3 is 2.61 bits per heavy atom. The summed E-state index contributed by atoms with van der Waals surface area (Å²) in [6.45, 7) is 3.97. The van der Waals surface area contributed by atoms with Gasteiger partial charge in [0.05, 0.1) is 0 Å². The predicted octanol–water partition coefficient (Wildman–Crippen LogP) is 3.71. The van der Waals surface area contributed by atoms with Crippen LogP contribution in [0.2, 0.25) is 0 Å². The Morgan fingerprint density at radius 1 is 1.11 bits per heavy atom. The molecule has 2 aromatic carbocycles. The molecule has 1 saturated heterocycles. The number of aryl methyl sites for hydroxylation is 1. The maximum Gasteiger partial charge on any atom is 0.220 e. The molecule has 1 unspecified atom stereocenters. The minimum atomic E-state index is -1.14. The minimum absolute atomic E-state index is 0.0716. The van der Waals surface area contributed by atoms with Crippen LogP contribution >= 0.6 is 0 Å². The maximum atomic E-state index is 12.3. The van der Waals surface area contributed by atoms with Crippen molar-refractivity contribution in [1.82, 2.24) is 5.32 Å². The molecule has 2 aliphatic carbocycles. The SMILES string of the molecule is CC1(C)O[C@@H]2CC=C3C#C/C(=C/CNC(=O)CCc4ccccc4)[C@H](O)C#CC(Oc4ccccc4)[C@]32O1. The van der Waals surface area contributed by atoms with Crippen molar-refractivity contribution in [3.8, 4) is 29.4 Å². The van der Waals surface area contributed by atoms with E-state index in [0.29, 0.717) is 30.6 Å². The van der Waals surface area contributed by atoms with Gasteiger partial charge in [0, 0.05) is 24.1 Å². The molecular weight excluding hydrogens is 478 g/mol. The molecule has 1 heterocycles. The molecular formula is C32H31NO5. The van der Waals surface area contributed by atoms with Crippen LogP contribution in [0, 0.1) is 23.7 Å². The largest absolute Gasteiger partial charge is 0.474 e. The second-order valence-electron chi connectivity index (χ2n) is 9.96. The highest BCUT2D eigenvalue weighted by atomic mass is 16.8. The van der Waals surface area contributed by atoms with E-state index in [2.05, 4.69) is 29.0 Å². The summed E-state index contributed by atoms with van der Waals surface area (Å²) in [6, 6.07) is 19.3. The summed E-state index contributed by atoms with van der Waals surface area (Å²) in [5.74, 6) is 12.0. The molecule has 2 aromatic rings. The quantitative estimate of drug-likeness (QED) is 0.557. The number of ether oxygens (including phenoxy) is 3. The van der Waals surface area contributed by atoms with E-state index in [9.17, 15) is 9.90 Å². The first kappa shape index (κ1) is 25.8. The summed E-state index contributed by atoms with van der Waals surface area (Å²) >= 11 is 0. The number of carbonyl (C=O) groups is 1. The molecule has 0 radical (unpaired) electrons. The van der Waals surface area contributed by atoms with Crippen LogP contribution in [-0.4, -0.2) is 47.3 Å². The van der Waals surface area contributed by atoms with Gasteiger partial charge in [-0.1, -0.05) is 84.4 Å². The number of rotatable bonds is 7. The molecule has 1 aliphatic heterocycles. The lowest BCUT2D eigenvalue weighted by atomic mass is 9.87. The zero-order chi connectivity index (χ0) is 26.6. The van der Waals surface area contributed by atoms with Gasteiger partial charge >= 0.3 is 0 Å². The highest BCUT2D eigenvalue weighted by molar-refractivity contribution is 5.76. The van der Waals surface area contributed by atoms with Crippen molar-refractivity contribution in [2.24, 2.45) is 0 Å². The van der Waals surface area contributed by atoms with E-state index in [1.165, 1.54) is 0 Å². The summed E-state index contributed by atoms with van der Waals surface area (Å²) in [5.41, 5.74) is 1.22. The lowest BCUT2D eigenvalue weighted by molar-refractivity contribution is -0.166. The number of benzene rings is 2. The van der Waals surface area contributed by atoms with Crippen LogP contribution < -0.4 is 10.1 Å². The molecule has 0 saturated carbocycles. The van der Waals surface area contributed by atoms with E-state index < -0.39 is 23.6 Å². The van der Waals surface area contributed by atoms with E-state index in [1.807, 2.05) is 80.6 Å². The van der Waals surface area contributed by atoms with Crippen LogP contribution in [-0.2, 0) is 20.7 Å². The predicted molar refractivity (Wildman–Crippen MR) is 144 cm³/mol. The normalized spacial score (nSPS) is 27.7. The highest BCUT2D eigenvalue weighted by Gasteiger charge is 2.62. The van der Waals surface area contributed by atoms with E-state index in [-0.39, 0.29) is 18.6 Å². The number of nitrogens with one attached hydrogen (secondary N) is 1. The summed E-state index contributed by atoms with van der Waals surface area (Å²) in [6.07, 6.45) is 3.14. The van der Waals surface area contributed by atoms with Crippen molar-refractivity contribution in [3.05, 3.63) is 89.5 Å². The van der Waals surface area contributed by atoms with E-state index in [0.717, 1.165) is 11.1 Å². The van der Waals surface area contributed by atoms with Gasteiger partial charge in [-0.05, 0) is 44.4 Å². The molecule has 2 N–H and O–H groups in total. The first-order valence-electron chi connectivity index (χ1n) is 12.9. The molecule has 1 amide bonds. The molecule has 5 rings (SSSR count). The van der Waals surface area contributed by atoms with Gasteiger partial charge in [-0.25, -0.2) is 0 Å². The minimum Gasteiger partial charge on any atom is -0.474 e. The lowest BCUT2D eigenvalue weighted by Gasteiger charge is -2.34. The fraction of sp³-hybridized carbons (Fsp3) is 0.344. The average molecular weight is 510 g/mol. The Labute approximate surface area is 223 Å². The van der Waals surface area contributed by atoms with Crippen LogP contribution in [0.1, 0.15) is 32.3 Å². The molecule has 1 spiro atoms. The molecule has 6 heteroatoms. The van der Waals surface area contributed by atoms with E-state index in [1.54, 1.807) is 6.08 Å². The molecule has 6 nitrogen and oxygen atoms in total. The zero-order valence-electron chi connectivity index (χ0n) is 21.6. The van der Waals surface area contributed by atoms with Gasteiger partial charge in [-0.3, -0.25) is 4.79 Å². The first-order chi connectivity index (χ1) is 18.4. The Hall–Kier alpha value is -3.81. The monoisotopic (exact) mass is 509 g/mol. The van der Waals surface area contributed by atoms with E-state index in [4.69, 9.17) is 14.2 Å². The zero-order valence-corrected chi connectivity index (χ0v) is 21.6. The summed E-state index contributed by atoms with van der Waals surface area (Å²) in [5, 5.41) is 13.8. The van der Waals surface area contributed by atoms with Crippen LogP contribution in [0.3, 0.4) is 0 Å². The molecule has 4 atom stereocenters. The average Bonchev–Trinajstić information content (AvgIpc) is 3.39. The first-order valence-corrected chi connectivity index (χ1v) is 12.9. The van der Waals surface area contributed by atoms with Gasteiger partial charge in [0.2, 0.25) is 5.91 Å². The van der Waals surface area contributed by atoms with Crippen LogP contribution in [0.4, 0.5) is 0 Å². The molecule has 194 valence electrons. The second-order valence-corrected chi connectivity index (χ2v) is 9.96. The highest BCUT2D eigenvalue weighted by Crippen LogP contribution is 2.49. The van der Waals surface area contributed by atoms with Gasteiger partial charge < -0.3 is 24.6 Å². The second kappa shape index (κ2) is 10.9. The van der Waals surface area contributed by atoms with Gasteiger partial charge in [-0.15, -0.1) is 0 Å². The maximum absolute atomic E-state index is 12.3. The number of hydrogen-bond acceptors (Lipinski definition) is 5. The summed E-state index contributed by atoms with van der Waals surface area (Å²) in [4.78, 5) is 12.3. The third-order valence-electron chi connectivity index (χ3n) is 6.75. The Bertz CT molecular complexity index is 1360. The Balaban J connectivity index is 1.37.